The first-order chi connectivity index (χ1) is 6.49. The molecule has 0 saturated heterocycles. The molecule has 0 fully saturated rings. The van der Waals surface area contributed by atoms with E-state index in [4.69, 9.17) is 0 Å². The van der Waals surface area contributed by atoms with Crippen molar-refractivity contribution in [3.8, 4) is 0 Å². The number of nitrogens with zero attached hydrogens (tertiary/aromatic N) is 2. The van der Waals surface area contributed by atoms with Crippen molar-refractivity contribution in [1.29, 1.82) is 0 Å². The number of nitro groups is 1. The summed E-state index contributed by atoms with van der Waals surface area (Å²) in [6.45, 7) is 0. The van der Waals surface area contributed by atoms with Gasteiger partial charge < -0.3 is 0 Å². The van der Waals surface area contributed by atoms with Crippen LogP contribution in [0.15, 0.2) is 30.3 Å². The highest BCUT2D eigenvalue weighted by molar-refractivity contribution is 7.92. The molecule has 7 heteroatoms. The Bertz CT molecular complexity index is 415. The number of rotatable bonds is 4. The Morgan fingerprint density at radius 2 is 1.86 bits per heavy atom. The second-order valence-corrected chi connectivity index (χ2v) is 4.15. The van der Waals surface area contributed by atoms with Gasteiger partial charge in [0.2, 0.25) is 0 Å². The second-order valence-electron chi connectivity index (χ2n) is 2.53. The van der Waals surface area contributed by atoms with Crippen molar-refractivity contribution in [1.82, 2.24) is 0 Å². The highest BCUT2D eigenvalue weighted by Crippen LogP contribution is 2.10. The van der Waals surface area contributed by atoms with Gasteiger partial charge in [-0.15, -0.1) is 0 Å². The van der Waals surface area contributed by atoms with E-state index in [9.17, 15) is 18.5 Å². The zero-order valence-electron chi connectivity index (χ0n) is 7.03. The molecule has 1 rings (SSSR count). The second kappa shape index (κ2) is 4.05. The normalized spacial score (nSPS) is 10.9. The lowest BCUT2D eigenvalue weighted by atomic mass is 10.2. The van der Waals surface area contributed by atoms with Gasteiger partial charge in [0.15, 0.2) is 0 Å². The van der Waals surface area contributed by atoms with E-state index in [1.807, 2.05) is 0 Å². The van der Waals surface area contributed by atoms with Crippen LogP contribution in [0.2, 0.25) is 0 Å². The maximum Gasteiger partial charge on any atom is 0.147 e. The molecule has 0 aliphatic heterocycles. The predicted octanol–water partition coefficient (Wildman–Crippen LogP) is 1.08. The Kier molecular flexibility index (Phi) is 3.03. The summed E-state index contributed by atoms with van der Waals surface area (Å²) in [5.74, 6) is -0.450. The fourth-order valence-electron chi connectivity index (χ4n) is 0.915. The Morgan fingerprint density at radius 1 is 1.29 bits per heavy atom. The molecule has 1 aromatic rings. The van der Waals surface area contributed by atoms with Gasteiger partial charge in [0.1, 0.15) is 10.0 Å². The molecule has 0 unspecified atom stereocenters. The van der Waals surface area contributed by atoms with Gasteiger partial charge >= 0.3 is 0 Å². The lowest BCUT2D eigenvalue weighted by Crippen LogP contribution is -2.06. The average molecular weight is 215 g/mol. The molecule has 0 heterocycles. The molecule has 0 saturated carbocycles. The van der Waals surface area contributed by atoms with Gasteiger partial charge in [-0.25, -0.2) is 8.42 Å². The number of sulfonamides is 1. The van der Waals surface area contributed by atoms with Crippen molar-refractivity contribution in [2.24, 2.45) is 0 Å². The van der Waals surface area contributed by atoms with Gasteiger partial charge in [0, 0.05) is 0 Å². The standard InChI is InChI=1S/C7H7N2O4S/c10-9(11)8-14(12,13)6-7-4-2-1-3-5-7/h1-5H,6H2/q-1. The van der Waals surface area contributed by atoms with Crippen LogP contribution in [-0.2, 0) is 15.8 Å². The van der Waals surface area contributed by atoms with Crippen molar-refractivity contribution in [2.45, 2.75) is 5.75 Å². The van der Waals surface area contributed by atoms with E-state index in [0.717, 1.165) is 0 Å². The molecule has 0 N–H and O–H groups in total. The first-order valence-corrected chi connectivity index (χ1v) is 5.24. The third-order valence-corrected chi connectivity index (χ3v) is 2.46. The maximum absolute atomic E-state index is 11.0. The van der Waals surface area contributed by atoms with Crippen LogP contribution in [-0.4, -0.2) is 13.5 Å². The van der Waals surface area contributed by atoms with E-state index in [1.54, 1.807) is 30.3 Å². The minimum atomic E-state index is -4.01. The Labute approximate surface area is 80.7 Å². The van der Waals surface area contributed by atoms with Crippen LogP contribution < -0.4 is 0 Å². The molecule has 14 heavy (non-hydrogen) atoms. The lowest BCUT2D eigenvalue weighted by molar-refractivity contribution is -0.412. The fourth-order valence-corrected chi connectivity index (χ4v) is 1.79. The third kappa shape index (κ3) is 3.40. The van der Waals surface area contributed by atoms with Crippen LogP contribution in [0.1, 0.15) is 5.56 Å². The smallest absolute Gasteiger partial charge is 0.147 e. The molecular formula is C7H7N2O4S-. The summed E-state index contributed by atoms with van der Waals surface area (Å²) in [6, 6.07) is 8.15. The zero-order chi connectivity index (χ0) is 10.6. The minimum Gasteiger partial charge on any atom is -0.268 e. The van der Waals surface area contributed by atoms with E-state index in [1.165, 1.54) is 0 Å². The van der Waals surface area contributed by atoms with Crippen LogP contribution in [0.5, 0.6) is 0 Å². The first-order valence-electron chi connectivity index (χ1n) is 3.63. The SMILES string of the molecule is O=[N+]([O-])[N-]S(=O)(=O)Cc1ccccc1. The molecule has 0 aromatic heterocycles. The van der Waals surface area contributed by atoms with Crippen molar-refractivity contribution >= 4 is 10.0 Å². The molecule has 0 aliphatic rings. The Balaban J connectivity index is 2.74. The highest BCUT2D eigenvalue weighted by atomic mass is 32.2. The van der Waals surface area contributed by atoms with E-state index in [2.05, 4.69) is 4.83 Å². The van der Waals surface area contributed by atoms with Crippen LogP contribution in [0, 0.1) is 10.1 Å². The summed E-state index contributed by atoms with van der Waals surface area (Å²) in [5, 5.41) is 8.65. The topological polar surface area (TPSA) is 91.4 Å². The summed E-state index contributed by atoms with van der Waals surface area (Å²) in [5.41, 5.74) is 0.470. The summed E-state index contributed by atoms with van der Waals surface area (Å²) in [7, 11) is -4.01. The van der Waals surface area contributed by atoms with Crippen LogP contribution in [0.3, 0.4) is 0 Å². The average Bonchev–Trinajstić information content (AvgIpc) is 2.02. The lowest BCUT2D eigenvalue weighted by Gasteiger charge is -2.09. The van der Waals surface area contributed by atoms with Crippen LogP contribution in [0.25, 0.3) is 4.83 Å². The first kappa shape index (κ1) is 10.5. The molecule has 0 radical (unpaired) electrons. The molecule has 0 amide bonds. The number of hydrogen-bond acceptors (Lipinski definition) is 4. The summed E-state index contributed by atoms with van der Waals surface area (Å²) < 4.78 is 22.0. The molecule has 0 bridgehead atoms. The minimum absolute atomic E-state index is 0.450. The fraction of sp³-hybridized carbons (Fsp3) is 0.143. The molecule has 76 valence electrons. The predicted molar refractivity (Wildman–Crippen MR) is 49.4 cm³/mol. The maximum atomic E-state index is 11.0. The van der Waals surface area contributed by atoms with Gasteiger partial charge in [-0.1, -0.05) is 30.3 Å². The number of hydrogen-bond donors (Lipinski definition) is 0. The molecule has 0 aliphatic carbocycles. The monoisotopic (exact) mass is 215 g/mol. The molecule has 6 nitrogen and oxygen atoms in total. The van der Waals surface area contributed by atoms with E-state index < -0.39 is 20.8 Å². The molecule has 0 atom stereocenters. The van der Waals surface area contributed by atoms with Gasteiger partial charge in [-0.05, 0) is 10.6 Å². The zero-order valence-corrected chi connectivity index (χ0v) is 7.85. The van der Waals surface area contributed by atoms with Crippen molar-refractivity contribution in [2.75, 3.05) is 0 Å². The Morgan fingerprint density at radius 3 is 2.36 bits per heavy atom. The Hall–Kier alpha value is -1.63. The van der Waals surface area contributed by atoms with E-state index >= 15 is 0 Å². The van der Waals surface area contributed by atoms with Crippen LogP contribution in [0.4, 0.5) is 0 Å². The largest absolute Gasteiger partial charge is 0.268 e. The van der Waals surface area contributed by atoms with Gasteiger partial charge in [-0.2, -0.15) is 0 Å². The quantitative estimate of drug-likeness (QED) is 0.555. The molecule has 1 aromatic carbocycles. The molecule has 0 spiro atoms. The number of benzene rings is 1. The van der Waals surface area contributed by atoms with Crippen molar-refractivity contribution in [3.63, 3.8) is 0 Å². The summed E-state index contributed by atoms with van der Waals surface area (Å²) in [6.07, 6.45) is 0. The third-order valence-electron chi connectivity index (χ3n) is 1.38. The van der Waals surface area contributed by atoms with Crippen LogP contribution >= 0.6 is 0 Å². The van der Waals surface area contributed by atoms with Gasteiger partial charge in [0.05, 0.1) is 5.75 Å². The molecular weight excluding hydrogens is 208 g/mol. The van der Waals surface area contributed by atoms with Gasteiger partial charge in [0.25, 0.3) is 0 Å². The van der Waals surface area contributed by atoms with E-state index in [0.29, 0.717) is 5.56 Å². The van der Waals surface area contributed by atoms with Gasteiger partial charge in [-0.3, -0.25) is 14.9 Å². The highest BCUT2D eigenvalue weighted by Gasteiger charge is 2.05. The van der Waals surface area contributed by atoms with Crippen molar-refractivity contribution in [3.05, 3.63) is 50.8 Å². The van der Waals surface area contributed by atoms with Crippen molar-refractivity contribution < 1.29 is 13.5 Å². The van der Waals surface area contributed by atoms with E-state index in [-0.39, 0.29) is 0 Å². The summed E-state index contributed by atoms with van der Waals surface area (Å²) >= 11 is 0. The summed E-state index contributed by atoms with van der Waals surface area (Å²) in [4.78, 5) is 12.3.